The van der Waals surface area contributed by atoms with Gasteiger partial charge in [-0.25, -0.2) is 0 Å². The van der Waals surface area contributed by atoms with E-state index in [0.29, 0.717) is 35.6 Å². The molecular weight excluding hydrogens is 482 g/mol. The molecule has 1 fully saturated rings. The number of benzene rings is 2. The highest BCUT2D eigenvalue weighted by atomic mass is 35.5. The largest absolute Gasteiger partial charge is 0.383 e. The van der Waals surface area contributed by atoms with Gasteiger partial charge in [0.2, 0.25) is 0 Å². The van der Waals surface area contributed by atoms with E-state index in [2.05, 4.69) is 36.5 Å². The first kappa shape index (κ1) is 28.9. The van der Waals surface area contributed by atoms with Crippen LogP contribution in [-0.4, -0.2) is 32.0 Å². The molecule has 2 aromatic rings. The minimum Gasteiger partial charge on any atom is -0.383 e. The van der Waals surface area contributed by atoms with E-state index >= 15 is 0 Å². The van der Waals surface area contributed by atoms with Crippen molar-refractivity contribution in [2.45, 2.75) is 52.9 Å². The zero-order valence-corrected chi connectivity index (χ0v) is 23.3. The summed E-state index contributed by atoms with van der Waals surface area (Å²) in [4.78, 5) is 25.3. The fraction of sp³-hybridized carbons (Fsp3) is 0.438. The number of ketones is 1. The number of allylic oxidation sites excluding steroid dienone is 2. The summed E-state index contributed by atoms with van der Waals surface area (Å²) in [6.45, 7) is 7.25. The van der Waals surface area contributed by atoms with Crippen LogP contribution in [0.1, 0.15) is 72.2 Å². The zero-order valence-electron chi connectivity index (χ0n) is 22.6. The van der Waals surface area contributed by atoms with Crippen LogP contribution in [0.3, 0.4) is 0 Å². The Balaban J connectivity index is 1.54. The zero-order chi connectivity index (χ0) is 26.8. The summed E-state index contributed by atoms with van der Waals surface area (Å²) >= 11 is 5.96. The summed E-state index contributed by atoms with van der Waals surface area (Å²) in [7, 11) is 1.62. The number of nitrogens with one attached hydrogen (secondary N) is 1. The number of carbonyl (C=O) groups is 2. The third kappa shape index (κ3) is 8.15. The normalized spacial score (nSPS) is 19.5. The molecule has 1 amide bonds. The lowest BCUT2D eigenvalue weighted by atomic mass is 9.94. The van der Waals surface area contributed by atoms with Crippen molar-refractivity contribution >= 4 is 35.4 Å². The molecule has 0 saturated heterocycles. The van der Waals surface area contributed by atoms with Crippen molar-refractivity contribution in [2.75, 3.05) is 20.3 Å². The van der Waals surface area contributed by atoms with Crippen molar-refractivity contribution < 1.29 is 14.3 Å². The molecule has 0 radical (unpaired) electrons. The highest BCUT2D eigenvalue weighted by molar-refractivity contribution is 6.30. The molecule has 0 spiro atoms. The number of ether oxygens (including phenoxy) is 1. The Hall–Kier alpha value is -2.69. The summed E-state index contributed by atoms with van der Waals surface area (Å²) in [5, 5.41) is 5.84. The Morgan fingerprint density at radius 2 is 1.92 bits per heavy atom. The molecule has 1 saturated carbocycles. The molecule has 1 N–H and O–H groups in total. The van der Waals surface area contributed by atoms with Gasteiger partial charge in [0, 0.05) is 35.7 Å². The van der Waals surface area contributed by atoms with Crippen molar-refractivity contribution in [1.29, 1.82) is 0 Å². The number of methoxy groups -OCH3 is 1. The van der Waals surface area contributed by atoms with E-state index in [9.17, 15) is 9.59 Å². The molecule has 37 heavy (non-hydrogen) atoms. The van der Waals surface area contributed by atoms with Gasteiger partial charge in [0.15, 0.2) is 5.78 Å². The van der Waals surface area contributed by atoms with E-state index in [-0.39, 0.29) is 17.6 Å². The van der Waals surface area contributed by atoms with E-state index in [1.807, 2.05) is 38.1 Å². The molecule has 0 aliphatic heterocycles. The minimum atomic E-state index is -0.0653. The van der Waals surface area contributed by atoms with Crippen LogP contribution in [0.15, 0.2) is 48.6 Å². The SMILES string of the molecule is CC=c1c(C)c(C(=O)NCCOC)ccc1=CCC(C)C=CCC1CCC(C(=O)c2ccc(Cl)cc2)C1. The third-order valence-electron chi connectivity index (χ3n) is 7.36. The molecule has 4 nitrogen and oxygen atoms in total. The maximum absolute atomic E-state index is 12.8. The second-order valence-corrected chi connectivity index (χ2v) is 10.5. The second kappa shape index (κ2) is 14.3. The monoisotopic (exact) mass is 521 g/mol. The maximum atomic E-state index is 12.8. The Morgan fingerprint density at radius 3 is 2.62 bits per heavy atom. The Bertz CT molecular complexity index is 1220. The highest BCUT2D eigenvalue weighted by Gasteiger charge is 2.29. The number of Topliss-reactive ketones (excluding diaryl/α,β-unsaturated/α-hetero) is 1. The van der Waals surface area contributed by atoms with Gasteiger partial charge < -0.3 is 10.1 Å². The van der Waals surface area contributed by atoms with Gasteiger partial charge in [0.25, 0.3) is 5.91 Å². The molecule has 0 aromatic heterocycles. The molecule has 3 unspecified atom stereocenters. The van der Waals surface area contributed by atoms with Gasteiger partial charge in [-0.2, -0.15) is 0 Å². The van der Waals surface area contributed by atoms with Crippen molar-refractivity contribution in [3.63, 3.8) is 0 Å². The molecule has 2 aromatic carbocycles. The molecule has 3 rings (SSSR count). The summed E-state index contributed by atoms with van der Waals surface area (Å²) in [6, 6.07) is 11.2. The van der Waals surface area contributed by atoms with E-state index in [4.69, 9.17) is 16.3 Å². The standard InChI is InChI=1S/C32H40ClNO3/c1-5-29-23(3)30(32(36)34-19-20-37-4)18-15-25(29)11-9-22(2)7-6-8-24-10-12-27(21-24)31(35)26-13-16-28(33)17-14-26/h5-7,11,13-18,22,24,27H,8-10,12,19-21H2,1-4H3,(H,34,36). The smallest absolute Gasteiger partial charge is 0.251 e. The lowest BCUT2D eigenvalue weighted by Crippen LogP contribution is -2.33. The van der Waals surface area contributed by atoms with E-state index in [1.54, 1.807) is 19.2 Å². The quantitative estimate of drug-likeness (QED) is 0.228. The van der Waals surface area contributed by atoms with Gasteiger partial charge >= 0.3 is 0 Å². The van der Waals surface area contributed by atoms with Crippen LogP contribution < -0.4 is 15.8 Å². The van der Waals surface area contributed by atoms with Crippen molar-refractivity contribution in [3.8, 4) is 0 Å². The molecule has 5 heteroatoms. The summed E-state index contributed by atoms with van der Waals surface area (Å²) in [5.41, 5.74) is 2.48. The van der Waals surface area contributed by atoms with Gasteiger partial charge in [-0.05, 0) is 104 Å². The van der Waals surface area contributed by atoms with Gasteiger partial charge in [-0.3, -0.25) is 9.59 Å². The topological polar surface area (TPSA) is 55.4 Å². The maximum Gasteiger partial charge on any atom is 0.251 e. The number of carbonyl (C=O) groups excluding carboxylic acids is 2. The number of amides is 1. The highest BCUT2D eigenvalue weighted by Crippen LogP contribution is 2.35. The first-order chi connectivity index (χ1) is 17.8. The first-order valence-electron chi connectivity index (χ1n) is 13.3. The van der Waals surface area contributed by atoms with E-state index in [0.717, 1.165) is 53.7 Å². The summed E-state index contributed by atoms with van der Waals surface area (Å²) < 4.78 is 5.02. The van der Waals surface area contributed by atoms with Gasteiger partial charge in [0.05, 0.1) is 6.61 Å². The van der Waals surface area contributed by atoms with Crippen LogP contribution in [0.4, 0.5) is 0 Å². The van der Waals surface area contributed by atoms with Crippen molar-refractivity contribution in [3.05, 3.63) is 80.7 Å². The molecular formula is C32H40ClNO3. The van der Waals surface area contributed by atoms with Crippen LogP contribution >= 0.6 is 11.6 Å². The van der Waals surface area contributed by atoms with E-state index in [1.165, 1.54) is 0 Å². The fourth-order valence-electron chi connectivity index (χ4n) is 5.19. The number of rotatable bonds is 11. The summed E-state index contributed by atoms with van der Waals surface area (Å²) in [6.07, 6.45) is 13.9. The van der Waals surface area contributed by atoms with E-state index < -0.39 is 0 Å². The molecule has 198 valence electrons. The second-order valence-electron chi connectivity index (χ2n) is 10.1. The lowest BCUT2D eigenvalue weighted by Gasteiger charge is -2.10. The van der Waals surface area contributed by atoms with Crippen LogP contribution in [0.5, 0.6) is 0 Å². The molecule has 3 atom stereocenters. The number of halogens is 1. The van der Waals surface area contributed by atoms with Crippen LogP contribution in [0.25, 0.3) is 12.2 Å². The lowest BCUT2D eigenvalue weighted by molar-refractivity contribution is 0.0917. The predicted molar refractivity (Wildman–Crippen MR) is 153 cm³/mol. The van der Waals surface area contributed by atoms with Crippen LogP contribution in [-0.2, 0) is 4.74 Å². The number of hydrogen-bond acceptors (Lipinski definition) is 3. The van der Waals surface area contributed by atoms with Gasteiger partial charge in [-0.1, -0.05) is 48.9 Å². The Morgan fingerprint density at radius 1 is 1.16 bits per heavy atom. The van der Waals surface area contributed by atoms with Crippen molar-refractivity contribution in [2.24, 2.45) is 17.8 Å². The average Bonchev–Trinajstić information content (AvgIpc) is 3.36. The van der Waals surface area contributed by atoms with Crippen LogP contribution in [0, 0.1) is 24.7 Å². The summed E-state index contributed by atoms with van der Waals surface area (Å²) in [5.74, 6) is 1.30. The molecule has 0 bridgehead atoms. The molecule has 1 aliphatic rings. The Kier molecular flexibility index (Phi) is 11.2. The minimum absolute atomic E-state index is 0.0653. The Labute approximate surface area is 226 Å². The first-order valence-corrected chi connectivity index (χ1v) is 13.7. The van der Waals surface area contributed by atoms with Gasteiger partial charge in [0.1, 0.15) is 0 Å². The van der Waals surface area contributed by atoms with Gasteiger partial charge in [-0.15, -0.1) is 0 Å². The molecule has 0 heterocycles. The predicted octanol–water partition coefficient (Wildman–Crippen LogP) is 5.88. The fourth-order valence-corrected chi connectivity index (χ4v) is 5.32. The van der Waals surface area contributed by atoms with Crippen LogP contribution in [0.2, 0.25) is 5.02 Å². The number of hydrogen-bond donors (Lipinski definition) is 1. The molecule has 1 aliphatic carbocycles. The van der Waals surface area contributed by atoms with Crippen molar-refractivity contribution in [1.82, 2.24) is 5.32 Å². The average molecular weight is 522 g/mol. The third-order valence-corrected chi connectivity index (χ3v) is 7.61.